The Bertz CT molecular complexity index is 739. The summed E-state index contributed by atoms with van der Waals surface area (Å²) in [5.74, 6) is 0.860. The van der Waals surface area contributed by atoms with Crippen molar-refractivity contribution in [2.45, 2.75) is 44.6 Å². The predicted molar refractivity (Wildman–Crippen MR) is 110 cm³/mol. The Morgan fingerprint density at radius 1 is 1.07 bits per heavy atom. The van der Waals surface area contributed by atoms with Crippen LogP contribution in [-0.4, -0.2) is 60.9 Å². The van der Waals surface area contributed by atoms with E-state index in [1.165, 1.54) is 5.56 Å². The fourth-order valence-electron chi connectivity index (χ4n) is 4.69. The number of rotatable bonds is 4. The second-order valence-corrected chi connectivity index (χ2v) is 9.36. The Morgan fingerprint density at radius 3 is 2.29 bits per heavy atom. The fourth-order valence-corrected chi connectivity index (χ4v) is 4.82. The summed E-state index contributed by atoms with van der Waals surface area (Å²) >= 11 is 6.03. The van der Waals surface area contributed by atoms with Crippen LogP contribution in [0, 0.1) is 11.3 Å². The number of carbonyl (C=O) groups excluding carboxylic acids is 2. The number of likely N-dealkylation sites (tertiary alicyclic amines) is 2. The van der Waals surface area contributed by atoms with E-state index >= 15 is 0 Å². The summed E-state index contributed by atoms with van der Waals surface area (Å²) < 4.78 is 0. The van der Waals surface area contributed by atoms with E-state index in [1.54, 1.807) is 0 Å². The number of carbonyl (C=O) groups is 2. The summed E-state index contributed by atoms with van der Waals surface area (Å²) in [6.07, 6.45) is 3.59. The van der Waals surface area contributed by atoms with E-state index < -0.39 is 0 Å². The van der Waals surface area contributed by atoms with Crippen LogP contribution in [0.1, 0.15) is 44.1 Å². The number of hydrogen-bond donors (Lipinski definition) is 1. The summed E-state index contributed by atoms with van der Waals surface area (Å²) in [5, 5.41) is 4.11. The minimum atomic E-state index is -0.113. The van der Waals surface area contributed by atoms with Gasteiger partial charge in [0.05, 0.1) is 0 Å². The lowest BCUT2D eigenvalue weighted by molar-refractivity contribution is -0.142. The first-order valence-electron chi connectivity index (χ1n) is 10.4. The normalized spacial score (nSPS) is 27.1. The molecule has 0 spiro atoms. The zero-order valence-corrected chi connectivity index (χ0v) is 17.5. The topological polar surface area (TPSA) is 52.7 Å². The van der Waals surface area contributed by atoms with Crippen molar-refractivity contribution in [1.29, 1.82) is 0 Å². The molecule has 2 heterocycles. The molecule has 2 amide bonds. The highest BCUT2D eigenvalue weighted by atomic mass is 35.5. The highest BCUT2D eigenvalue weighted by Gasteiger charge is 2.48. The molecule has 28 heavy (non-hydrogen) atoms. The maximum Gasteiger partial charge on any atom is 0.228 e. The van der Waals surface area contributed by atoms with Gasteiger partial charge in [-0.25, -0.2) is 0 Å². The van der Waals surface area contributed by atoms with E-state index in [2.05, 4.69) is 24.4 Å². The molecule has 3 fully saturated rings. The van der Waals surface area contributed by atoms with Gasteiger partial charge in [0.2, 0.25) is 11.8 Å². The number of nitrogens with one attached hydrogen (secondary N) is 1. The first-order chi connectivity index (χ1) is 13.4. The van der Waals surface area contributed by atoms with Crippen LogP contribution in [0.5, 0.6) is 0 Å². The lowest BCUT2D eigenvalue weighted by atomic mass is 9.93. The van der Waals surface area contributed by atoms with Gasteiger partial charge in [0, 0.05) is 54.5 Å². The van der Waals surface area contributed by atoms with Crippen LogP contribution in [0.2, 0.25) is 5.02 Å². The number of benzene rings is 1. The van der Waals surface area contributed by atoms with Crippen molar-refractivity contribution in [3.05, 3.63) is 34.9 Å². The van der Waals surface area contributed by atoms with Gasteiger partial charge in [-0.3, -0.25) is 9.59 Å². The predicted octanol–water partition coefficient (Wildman–Crippen LogP) is 2.89. The molecule has 6 heteroatoms. The molecule has 5 nitrogen and oxygen atoms in total. The molecular weight excluding hydrogens is 374 g/mol. The zero-order valence-electron chi connectivity index (χ0n) is 16.8. The molecule has 1 saturated carbocycles. The molecule has 4 rings (SSSR count). The fraction of sp³-hybridized carbons (Fsp3) is 0.636. The van der Waals surface area contributed by atoms with Gasteiger partial charge < -0.3 is 15.1 Å². The first-order valence-corrected chi connectivity index (χ1v) is 10.8. The van der Waals surface area contributed by atoms with Crippen molar-refractivity contribution >= 4 is 23.4 Å². The molecule has 1 aromatic rings. The maximum absolute atomic E-state index is 13.2. The van der Waals surface area contributed by atoms with Crippen molar-refractivity contribution in [3.8, 4) is 0 Å². The number of hydrogen-bond acceptors (Lipinski definition) is 3. The van der Waals surface area contributed by atoms with Crippen LogP contribution in [-0.2, 0) is 9.59 Å². The second-order valence-electron chi connectivity index (χ2n) is 8.92. The summed E-state index contributed by atoms with van der Waals surface area (Å²) in [6.45, 7) is 4.97. The van der Waals surface area contributed by atoms with Crippen LogP contribution in [0.25, 0.3) is 0 Å². The SMILES string of the molecule is CN[C@H]1CN(C(=O)C2CCN(C(=O)C3(C)CC3)CC2)C[C@@H]1c1ccc(Cl)cc1. The third-order valence-electron chi connectivity index (χ3n) is 6.95. The Balaban J connectivity index is 1.36. The summed E-state index contributed by atoms with van der Waals surface area (Å²) in [5.41, 5.74) is 1.11. The zero-order chi connectivity index (χ0) is 19.9. The van der Waals surface area contributed by atoms with Crippen LogP contribution in [0.3, 0.4) is 0 Å². The largest absolute Gasteiger partial charge is 0.342 e. The third-order valence-corrected chi connectivity index (χ3v) is 7.20. The van der Waals surface area contributed by atoms with Crippen LogP contribution < -0.4 is 5.32 Å². The highest BCUT2D eigenvalue weighted by Crippen LogP contribution is 2.47. The third kappa shape index (κ3) is 3.79. The van der Waals surface area contributed by atoms with Gasteiger partial charge in [0.15, 0.2) is 0 Å². The molecular formula is C22H30ClN3O2. The van der Waals surface area contributed by atoms with Crippen molar-refractivity contribution in [2.75, 3.05) is 33.2 Å². The molecule has 2 atom stereocenters. The molecule has 2 aliphatic heterocycles. The number of piperidine rings is 1. The number of amides is 2. The standard InChI is InChI=1S/C22H30ClN3O2/c1-22(9-10-22)21(28)25-11-7-16(8-12-25)20(27)26-13-18(19(14-26)24-2)15-3-5-17(23)6-4-15/h3-6,16,18-19,24H,7-14H2,1-2H3/t18-,19+/m1/s1. The molecule has 1 N–H and O–H groups in total. The molecule has 0 bridgehead atoms. The van der Waals surface area contributed by atoms with Gasteiger partial charge >= 0.3 is 0 Å². The van der Waals surface area contributed by atoms with Gasteiger partial charge in [-0.2, -0.15) is 0 Å². The molecule has 0 unspecified atom stereocenters. The minimum absolute atomic E-state index is 0.0394. The Morgan fingerprint density at radius 2 is 1.71 bits per heavy atom. The lowest BCUT2D eigenvalue weighted by Gasteiger charge is -2.34. The van der Waals surface area contributed by atoms with Crippen LogP contribution in [0.15, 0.2) is 24.3 Å². The van der Waals surface area contributed by atoms with Gasteiger partial charge in [-0.15, -0.1) is 0 Å². The number of halogens is 1. The van der Waals surface area contributed by atoms with Crippen LogP contribution >= 0.6 is 11.6 Å². The average Bonchev–Trinajstić information content (AvgIpc) is 3.32. The second kappa shape index (κ2) is 7.68. The van der Waals surface area contributed by atoms with E-state index in [9.17, 15) is 9.59 Å². The quantitative estimate of drug-likeness (QED) is 0.841. The van der Waals surface area contributed by atoms with E-state index in [-0.39, 0.29) is 35.1 Å². The van der Waals surface area contributed by atoms with E-state index in [0.29, 0.717) is 0 Å². The maximum atomic E-state index is 13.2. The van der Waals surface area contributed by atoms with E-state index in [1.807, 2.05) is 29.0 Å². The lowest BCUT2D eigenvalue weighted by Crippen LogP contribution is -2.46. The van der Waals surface area contributed by atoms with E-state index in [0.717, 1.165) is 56.9 Å². The molecule has 1 aromatic carbocycles. The first kappa shape index (κ1) is 19.7. The summed E-state index contributed by atoms with van der Waals surface area (Å²) in [4.78, 5) is 29.7. The van der Waals surface area contributed by atoms with Crippen molar-refractivity contribution < 1.29 is 9.59 Å². The molecule has 0 aromatic heterocycles. The van der Waals surface area contributed by atoms with E-state index in [4.69, 9.17) is 11.6 Å². The molecule has 3 aliphatic rings. The summed E-state index contributed by atoms with van der Waals surface area (Å²) in [7, 11) is 1.96. The Hall–Kier alpha value is -1.59. The van der Waals surface area contributed by atoms with Gasteiger partial charge in [0.1, 0.15) is 0 Å². The van der Waals surface area contributed by atoms with Gasteiger partial charge in [-0.1, -0.05) is 30.7 Å². The minimum Gasteiger partial charge on any atom is -0.342 e. The molecule has 152 valence electrons. The molecule has 0 radical (unpaired) electrons. The van der Waals surface area contributed by atoms with Crippen molar-refractivity contribution in [3.63, 3.8) is 0 Å². The number of likely N-dealkylation sites (N-methyl/N-ethyl adjacent to an activating group) is 1. The highest BCUT2D eigenvalue weighted by molar-refractivity contribution is 6.30. The average molecular weight is 404 g/mol. The van der Waals surface area contributed by atoms with Crippen LogP contribution in [0.4, 0.5) is 0 Å². The van der Waals surface area contributed by atoms with Crippen molar-refractivity contribution in [2.24, 2.45) is 11.3 Å². The monoisotopic (exact) mass is 403 g/mol. The Kier molecular flexibility index (Phi) is 5.41. The molecule has 1 aliphatic carbocycles. The number of nitrogens with zero attached hydrogens (tertiary/aromatic N) is 2. The Labute approximate surface area is 172 Å². The molecule has 2 saturated heterocycles. The summed E-state index contributed by atoms with van der Waals surface area (Å²) in [6, 6.07) is 8.21. The van der Waals surface area contributed by atoms with Gasteiger partial charge in [-0.05, 0) is 50.4 Å². The van der Waals surface area contributed by atoms with Gasteiger partial charge in [0.25, 0.3) is 0 Å². The van der Waals surface area contributed by atoms with Crippen molar-refractivity contribution in [1.82, 2.24) is 15.1 Å². The smallest absolute Gasteiger partial charge is 0.228 e.